The third-order valence-electron chi connectivity index (χ3n) is 3.55. The molecule has 0 heterocycles. The van der Waals surface area contributed by atoms with Gasteiger partial charge in [-0.2, -0.15) is 0 Å². The Bertz CT molecular complexity index is 487. The van der Waals surface area contributed by atoms with Gasteiger partial charge in [0.2, 0.25) is 0 Å². The van der Waals surface area contributed by atoms with Gasteiger partial charge in [-0.15, -0.1) is 0 Å². The second kappa shape index (κ2) is 5.70. The van der Waals surface area contributed by atoms with E-state index in [0.717, 1.165) is 12.5 Å². The van der Waals surface area contributed by atoms with E-state index in [2.05, 4.69) is 12.2 Å². The Kier molecular flexibility index (Phi) is 4.20. The molecule has 1 aliphatic rings. The summed E-state index contributed by atoms with van der Waals surface area (Å²) in [5.41, 5.74) is 7.16. The molecule has 0 spiro atoms. The molecular formula is C14H19ClN2O2. The molecule has 0 saturated heterocycles. The smallest absolute Gasteiger partial charge is 0.340 e. The van der Waals surface area contributed by atoms with Crippen LogP contribution in [0.4, 0.5) is 11.4 Å². The van der Waals surface area contributed by atoms with Crippen LogP contribution in [0.1, 0.15) is 30.1 Å². The number of esters is 1. The summed E-state index contributed by atoms with van der Waals surface area (Å²) in [7, 11) is 1.34. The molecule has 0 radical (unpaired) electrons. The molecule has 4 nitrogen and oxygen atoms in total. The second-order valence-corrected chi connectivity index (χ2v) is 5.52. The number of ether oxygens (including phenoxy) is 1. The van der Waals surface area contributed by atoms with E-state index < -0.39 is 5.97 Å². The number of rotatable bonds is 5. The molecule has 0 bridgehead atoms. The average molecular weight is 283 g/mol. The zero-order valence-corrected chi connectivity index (χ0v) is 12.0. The summed E-state index contributed by atoms with van der Waals surface area (Å²) in [6.07, 6.45) is 2.59. The van der Waals surface area contributed by atoms with E-state index in [9.17, 15) is 4.79 Å². The van der Waals surface area contributed by atoms with Gasteiger partial charge in [0.25, 0.3) is 0 Å². The first-order chi connectivity index (χ1) is 9.02. The lowest BCUT2D eigenvalue weighted by Crippen LogP contribution is -2.16. The Labute approximate surface area is 118 Å². The number of benzene rings is 1. The van der Waals surface area contributed by atoms with E-state index in [1.54, 1.807) is 12.1 Å². The van der Waals surface area contributed by atoms with Gasteiger partial charge in [-0.1, -0.05) is 18.5 Å². The molecule has 1 saturated carbocycles. The van der Waals surface area contributed by atoms with Gasteiger partial charge in [-0.05, 0) is 36.8 Å². The normalized spacial score (nSPS) is 15.9. The topological polar surface area (TPSA) is 64.3 Å². The number of hydrogen-bond acceptors (Lipinski definition) is 4. The van der Waals surface area contributed by atoms with Gasteiger partial charge in [-0.3, -0.25) is 0 Å². The molecular weight excluding hydrogens is 264 g/mol. The number of carbonyl (C=O) groups excluding carboxylic acids is 1. The number of nitrogens with one attached hydrogen (secondary N) is 1. The Morgan fingerprint density at radius 3 is 2.84 bits per heavy atom. The standard InChI is InChI=1S/C14H19ClN2O2/c1-8(9-3-4-9)7-17-13-11(14(18)19-2)5-10(16)6-12(13)15/h5-6,8-9,17H,3-4,7,16H2,1-2H3. The van der Waals surface area contributed by atoms with E-state index in [4.69, 9.17) is 22.1 Å². The molecule has 1 aliphatic carbocycles. The maximum absolute atomic E-state index is 11.8. The van der Waals surface area contributed by atoms with E-state index in [-0.39, 0.29) is 0 Å². The minimum Gasteiger partial charge on any atom is -0.465 e. The fourth-order valence-electron chi connectivity index (χ4n) is 2.17. The van der Waals surface area contributed by atoms with E-state index in [1.165, 1.54) is 20.0 Å². The summed E-state index contributed by atoms with van der Waals surface area (Å²) >= 11 is 6.16. The molecule has 19 heavy (non-hydrogen) atoms. The largest absolute Gasteiger partial charge is 0.465 e. The highest BCUT2D eigenvalue weighted by atomic mass is 35.5. The lowest BCUT2D eigenvalue weighted by molar-refractivity contribution is 0.0602. The number of methoxy groups -OCH3 is 1. The van der Waals surface area contributed by atoms with E-state index in [1.807, 2.05) is 0 Å². The Balaban J connectivity index is 2.18. The lowest BCUT2D eigenvalue weighted by Gasteiger charge is -2.16. The minimum absolute atomic E-state index is 0.385. The van der Waals surface area contributed by atoms with Gasteiger partial charge in [0.1, 0.15) is 0 Å². The Morgan fingerprint density at radius 1 is 1.58 bits per heavy atom. The summed E-state index contributed by atoms with van der Waals surface area (Å²) < 4.78 is 4.76. The molecule has 0 aromatic heterocycles. The van der Waals surface area contributed by atoms with E-state index in [0.29, 0.717) is 27.9 Å². The number of hydrogen-bond donors (Lipinski definition) is 2. The summed E-state index contributed by atoms with van der Waals surface area (Å²) in [5, 5.41) is 3.70. The number of nitrogen functional groups attached to an aromatic ring is 1. The van der Waals surface area contributed by atoms with Crippen molar-refractivity contribution in [3.05, 3.63) is 22.7 Å². The van der Waals surface area contributed by atoms with Crippen molar-refractivity contribution in [3.63, 3.8) is 0 Å². The number of halogens is 1. The molecule has 104 valence electrons. The van der Waals surface area contributed by atoms with Crippen LogP contribution in [0, 0.1) is 11.8 Å². The fourth-order valence-corrected chi connectivity index (χ4v) is 2.47. The van der Waals surface area contributed by atoms with Gasteiger partial charge in [-0.25, -0.2) is 4.79 Å². The molecule has 5 heteroatoms. The first kappa shape index (κ1) is 14.0. The highest BCUT2D eigenvalue weighted by Gasteiger charge is 2.28. The van der Waals surface area contributed by atoms with Crippen LogP contribution in [0.2, 0.25) is 5.02 Å². The van der Waals surface area contributed by atoms with Gasteiger partial charge in [0.05, 0.1) is 23.4 Å². The quantitative estimate of drug-likeness (QED) is 0.643. The Hall–Kier alpha value is -1.42. The molecule has 0 aliphatic heterocycles. The van der Waals surface area contributed by atoms with Crippen LogP contribution in [0.5, 0.6) is 0 Å². The van der Waals surface area contributed by atoms with Gasteiger partial charge in [0, 0.05) is 12.2 Å². The molecule has 2 rings (SSSR count). The van der Waals surface area contributed by atoms with Crippen LogP contribution < -0.4 is 11.1 Å². The molecule has 1 fully saturated rings. The zero-order valence-electron chi connectivity index (χ0n) is 11.2. The number of anilines is 2. The van der Waals surface area contributed by atoms with Crippen LogP contribution in [0.25, 0.3) is 0 Å². The molecule has 3 N–H and O–H groups in total. The minimum atomic E-state index is -0.434. The second-order valence-electron chi connectivity index (χ2n) is 5.11. The van der Waals surface area contributed by atoms with Crippen LogP contribution in [0.15, 0.2) is 12.1 Å². The molecule has 0 amide bonds. The van der Waals surface area contributed by atoms with Crippen molar-refractivity contribution in [3.8, 4) is 0 Å². The number of nitrogens with two attached hydrogens (primary N) is 1. The molecule has 1 aromatic rings. The van der Waals surface area contributed by atoms with Gasteiger partial charge >= 0.3 is 5.97 Å². The van der Waals surface area contributed by atoms with Crippen LogP contribution >= 0.6 is 11.6 Å². The average Bonchev–Trinajstić information content (AvgIpc) is 3.19. The predicted octanol–water partition coefficient (Wildman–Crippen LogP) is 3.17. The van der Waals surface area contributed by atoms with Crippen molar-refractivity contribution < 1.29 is 9.53 Å². The first-order valence-electron chi connectivity index (χ1n) is 6.44. The van der Waals surface area contributed by atoms with Crippen molar-refractivity contribution in [2.75, 3.05) is 24.7 Å². The van der Waals surface area contributed by atoms with Crippen molar-refractivity contribution >= 4 is 28.9 Å². The molecule has 1 aromatic carbocycles. The Morgan fingerprint density at radius 2 is 2.26 bits per heavy atom. The summed E-state index contributed by atoms with van der Waals surface area (Å²) in [5.74, 6) is 0.927. The molecule has 1 atom stereocenters. The van der Waals surface area contributed by atoms with Gasteiger partial charge in [0.15, 0.2) is 0 Å². The van der Waals surface area contributed by atoms with Crippen LogP contribution in [0.3, 0.4) is 0 Å². The highest BCUT2D eigenvalue weighted by Crippen LogP contribution is 2.37. The van der Waals surface area contributed by atoms with Crippen molar-refractivity contribution in [2.24, 2.45) is 11.8 Å². The first-order valence-corrected chi connectivity index (χ1v) is 6.82. The van der Waals surface area contributed by atoms with Crippen LogP contribution in [-0.4, -0.2) is 19.6 Å². The van der Waals surface area contributed by atoms with E-state index >= 15 is 0 Å². The zero-order chi connectivity index (χ0) is 14.0. The van der Waals surface area contributed by atoms with Gasteiger partial charge < -0.3 is 15.8 Å². The third-order valence-corrected chi connectivity index (χ3v) is 3.84. The monoisotopic (exact) mass is 282 g/mol. The van der Waals surface area contributed by atoms with Crippen LogP contribution in [-0.2, 0) is 4.74 Å². The number of carbonyl (C=O) groups is 1. The molecule has 1 unspecified atom stereocenters. The lowest BCUT2D eigenvalue weighted by atomic mass is 10.1. The maximum Gasteiger partial charge on any atom is 0.340 e. The predicted molar refractivity (Wildman–Crippen MR) is 77.6 cm³/mol. The van der Waals surface area contributed by atoms with Crippen molar-refractivity contribution in [1.82, 2.24) is 0 Å². The third kappa shape index (κ3) is 3.32. The SMILES string of the molecule is COC(=O)c1cc(N)cc(Cl)c1NCC(C)C1CC1. The highest BCUT2D eigenvalue weighted by molar-refractivity contribution is 6.34. The maximum atomic E-state index is 11.8. The van der Waals surface area contributed by atoms with Crippen molar-refractivity contribution in [2.45, 2.75) is 19.8 Å². The summed E-state index contributed by atoms with van der Waals surface area (Å²) in [4.78, 5) is 11.8. The summed E-state index contributed by atoms with van der Waals surface area (Å²) in [6.45, 7) is 2.99. The summed E-state index contributed by atoms with van der Waals surface area (Å²) in [6, 6.07) is 3.22. The van der Waals surface area contributed by atoms with Crippen molar-refractivity contribution in [1.29, 1.82) is 0 Å². The fraction of sp³-hybridized carbons (Fsp3) is 0.500.